The number of benzene rings is 2. The highest BCUT2D eigenvalue weighted by atomic mass is 32.1. The molecule has 6 nitrogen and oxygen atoms in total. The summed E-state index contributed by atoms with van der Waals surface area (Å²) in [5.74, 6) is -0.502. The van der Waals surface area contributed by atoms with Gasteiger partial charge in [-0.2, -0.15) is 0 Å². The Morgan fingerprint density at radius 2 is 1.91 bits per heavy atom. The molecule has 0 fully saturated rings. The van der Waals surface area contributed by atoms with Crippen molar-refractivity contribution in [3.8, 4) is 5.75 Å². The summed E-state index contributed by atoms with van der Waals surface area (Å²) in [6.07, 6.45) is 0. The van der Waals surface area contributed by atoms with Crippen LogP contribution >= 0.6 is 22.7 Å². The zero-order chi connectivity index (χ0) is 24.0. The van der Waals surface area contributed by atoms with Crippen LogP contribution in [0.15, 0.2) is 71.3 Å². The molecular formula is C26H22N2O4S2. The van der Waals surface area contributed by atoms with Crippen molar-refractivity contribution >= 4 is 49.7 Å². The fraction of sp³-hybridized carbons (Fsp3) is 0.192. The maximum atomic E-state index is 13.4. The lowest BCUT2D eigenvalue weighted by Crippen LogP contribution is -2.30. The molecule has 1 atom stereocenters. The first-order valence-electron chi connectivity index (χ1n) is 10.8. The number of hydrogen-bond acceptors (Lipinski definition) is 7. The Balaban J connectivity index is 1.66. The third-order valence-electron chi connectivity index (χ3n) is 5.91. The monoisotopic (exact) mass is 490 g/mol. The van der Waals surface area contributed by atoms with Gasteiger partial charge in [0.1, 0.15) is 5.75 Å². The minimum absolute atomic E-state index is 0.0709. The number of rotatable bonds is 6. The summed E-state index contributed by atoms with van der Waals surface area (Å²) in [5, 5.41) is 13.1. The fourth-order valence-corrected chi connectivity index (χ4v) is 5.77. The van der Waals surface area contributed by atoms with E-state index >= 15 is 0 Å². The van der Waals surface area contributed by atoms with Gasteiger partial charge in [-0.15, -0.1) is 11.3 Å². The van der Waals surface area contributed by atoms with E-state index in [0.29, 0.717) is 27.2 Å². The van der Waals surface area contributed by atoms with E-state index < -0.39 is 17.7 Å². The predicted molar refractivity (Wildman–Crippen MR) is 135 cm³/mol. The number of thiophene rings is 1. The zero-order valence-corrected chi connectivity index (χ0v) is 20.4. The van der Waals surface area contributed by atoms with Crippen molar-refractivity contribution in [2.45, 2.75) is 25.8 Å². The van der Waals surface area contributed by atoms with Crippen molar-refractivity contribution in [3.05, 3.63) is 87.3 Å². The molecule has 4 aromatic rings. The number of nitrogens with zero attached hydrogens (tertiary/aromatic N) is 2. The minimum atomic E-state index is -0.786. The number of fused-ring (bicyclic) bond motifs is 1. The Labute approximate surface area is 204 Å². The van der Waals surface area contributed by atoms with E-state index in [1.165, 1.54) is 27.6 Å². The predicted octanol–water partition coefficient (Wildman–Crippen LogP) is 6.27. The number of methoxy groups -OCH3 is 1. The Morgan fingerprint density at radius 1 is 1.15 bits per heavy atom. The van der Waals surface area contributed by atoms with E-state index in [-0.39, 0.29) is 11.4 Å². The maximum absolute atomic E-state index is 13.4. The summed E-state index contributed by atoms with van der Waals surface area (Å²) in [6, 6.07) is 16.0. The van der Waals surface area contributed by atoms with E-state index in [4.69, 9.17) is 4.74 Å². The molecule has 0 spiro atoms. The Morgan fingerprint density at radius 3 is 2.56 bits per heavy atom. The average molecular weight is 491 g/mol. The van der Waals surface area contributed by atoms with Crippen LogP contribution in [0.2, 0.25) is 0 Å². The molecule has 1 aliphatic heterocycles. The highest BCUT2D eigenvalue weighted by Gasteiger charge is 2.46. The number of carbonyl (C=O) groups is 2. The van der Waals surface area contributed by atoms with Crippen molar-refractivity contribution in [3.63, 3.8) is 0 Å². The molecule has 0 radical (unpaired) electrons. The molecule has 1 N–H and O–H groups in total. The van der Waals surface area contributed by atoms with Gasteiger partial charge in [-0.05, 0) is 46.7 Å². The van der Waals surface area contributed by atoms with Gasteiger partial charge in [0, 0.05) is 0 Å². The summed E-state index contributed by atoms with van der Waals surface area (Å²) in [7, 11) is 1.59. The Bertz CT molecular complexity index is 1420. The van der Waals surface area contributed by atoms with E-state index in [2.05, 4.69) is 18.8 Å². The second kappa shape index (κ2) is 8.70. The normalized spacial score (nSPS) is 16.2. The number of hydrogen-bond donors (Lipinski definition) is 1. The van der Waals surface area contributed by atoms with Crippen molar-refractivity contribution in [2.75, 3.05) is 12.0 Å². The van der Waals surface area contributed by atoms with Gasteiger partial charge in [0.15, 0.2) is 10.9 Å². The molecule has 0 saturated heterocycles. The second-order valence-corrected chi connectivity index (χ2v) is 10.3. The molecule has 0 saturated carbocycles. The SMILES string of the molecule is COc1ccc2nc(N3C(=O)C(O)=C(C(=O)c4cccs4)[C@H]3c3ccc(C(C)C)cc3)sc2c1. The van der Waals surface area contributed by atoms with Gasteiger partial charge in [-0.25, -0.2) is 4.98 Å². The lowest BCUT2D eigenvalue weighted by Gasteiger charge is -2.24. The number of Topliss-reactive ketones (excluding diaryl/α,β-unsaturated/α-hetero) is 1. The van der Waals surface area contributed by atoms with Gasteiger partial charge >= 0.3 is 0 Å². The highest BCUT2D eigenvalue weighted by Crippen LogP contribution is 2.45. The largest absolute Gasteiger partial charge is 0.503 e. The Kier molecular flexibility index (Phi) is 5.71. The summed E-state index contributed by atoms with van der Waals surface area (Å²) < 4.78 is 6.15. The standard InChI is InChI=1S/C26H22N2O4S2/c1-14(2)15-6-8-16(9-7-15)22-21(23(29)19-5-4-12-33-19)24(30)25(31)28(22)26-27-18-11-10-17(32-3)13-20(18)34-26/h4-14,22,30H,1-3H3/t22-/m1/s1. The number of ketones is 1. The van der Waals surface area contributed by atoms with Crippen LogP contribution in [-0.4, -0.2) is 28.9 Å². The summed E-state index contributed by atoms with van der Waals surface area (Å²) in [5.41, 5.74) is 2.66. The number of aliphatic hydroxyl groups excluding tert-OH is 1. The van der Waals surface area contributed by atoms with Crippen molar-refractivity contribution in [2.24, 2.45) is 0 Å². The maximum Gasteiger partial charge on any atom is 0.296 e. The number of thiazole rings is 1. The Hall–Kier alpha value is -3.49. The fourth-order valence-electron chi connectivity index (χ4n) is 4.08. The first kappa shape index (κ1) is 22.3. The van der Waals surface area contributed by atoms with E-state index in [9.17, 15) is 14.7 Å². The van der Waals surface area contributed by atoms with Gasteiger partial charge < -0.3 is 9.84 Å². The summed E-state index contributed by atoms with van der Waals surface area (Å²) >= 11 is 2.59. The molecule has 5 rings (SSSR count). The second-order valence-electron chi connectivity index (χ2n) is 8.30. The molecule has 2 aromatic heterocycles. The first-order chi connectivity index (χ1) is 16.4. The van der Waals surface area contributed by atoms with Gasteiger partial charge in [-0.1, -0.05) is 55.5 Å². The lowest BCUT2D eigenvalue weighted by molar-refractivity contribution is -0.117. The molecule has 172 valence electrons. The number of amides is 1. The molecule has 1 aliphatic rings. The van der Waals surface area contributed by atoms with Crippen molar-refractivity contribution in [1.82, 2.24) is 4.98 Å². The molecule has 8 heteroatoms. The molecule has 1 amide bonds. The first-order valence-corrected chi connectivity index (χ1v) is 12.5. The van der Waals surface area contributed by atoms with E-state index in [1.807, 2.05) is 36.4 Å². The quantitative estimate of drug-likeness (QED) is 0.322. The molecular weight excluding hydrogens is 468 g/mol. The molecule has 0 aliphatic carbocycles. The van der Waals surface area contributed by atoms with Crippen molar-refractivity contribution < 1.29 is 19.4 Å². The summed E-state index contributed by atoms with van der Waals surface area (Å²) in [4.78, 5) is 33.3. The highest BCUT2D eigenvalue weighted by molar-refractivity contribution is 7.22. The number of carbonyl (C=O) groups excluding carboxylic acids is 2. The van der Waals surface area contributed by atoms with E-state index in [1.54, 1.807) is 30.7 Å². The number of ether oxygens (including phenoxy) is 1. The molecule has 34 heavy (non-hydrogen) atoms. The van der Waals surface area contributed by atoms with Crippen LogP contribution < -0.4 is 9.64 Å². The van der Waals surface area contributed by atoms with Gasteiger partial charge in [-0.3, -0.25) is 14.5 Å². The lowest BCUT2D eigenvalue weighted by atomic mass is 9.93. The third kappa shape index (κ3) is 3.69. The molecule has 0 unspecified atom stereocenters. The smallest absolute Gasteiger partial charge is 0.296 e. The minimum Gasteiger partial charge on any atom is -0.503 e. The molecule has 0 bridgehead atoms. The third-order valence-corrected chi connectivity index (χ3v) is 7.79. The van der Waals surface area contributed by atoms with Crippen LogP contribution in [0.25, 0.3) is 10.2 Å². The van der Waals surface area contributed by atoms with E-state index in [0.717, 1.165) is 15.8 Å². The van der Waals surface area contributed by atoms with Gasteiger partial charge in [0.2, 0.25) is 5.78 Å². The molecule has 3 heterocycles. The van der Waals surface area contributed by atoms with Crippen LogP contribution in [0.5, 0.6) is 5.75 Å². The van der Waals surface area contributed by atoms with Crippen LogP contribution in [0.1, 0.15) is 46.6 Å². The van der Waals surface area contributed by atoms with Crippen LogP contribution in [0, 0.1) is 0 Å². The van der Waals surface area contributed by atoms with Crippen LogP contribution in [0.4, 0.5) is 5.13 Å². The van der Waals surface area contributed by atoms with Crippen LogP contribution in [0.3, 0.4) is 0 Å². The van der Waals surface area contributed by atoms with Crippen LogP contribution in [-0.2, 0) is 4.79 Å². The summed E-state index contributed by atoms with van der Waals surface area (Å²) in [6.45, 7) is 4.21. The molecule has 2 aromatic carbocycles. The topological polar surface area (TPSA) is 79.7 Å². The van der Waals surface area contributed by atoms with Gasteiger partial charge in [0.25, 0.3) is 5.91 Å². The zero-order valence-electron chi connectivity index (χ0n) is 18.8. The number of aliphatic hydroxyl groups is 1. The number of anilines is 1. The number of aromatic nitrogens is 1. The van der Waals surface area contributed by atoms with Crippen molar-refractivity contribution in [1.29, 1.82) is 0 Å². The van der Waals surface area contributed by atoms with Gasteiger partial charge in [0.05, 0.1) is 33.8 Å². The average Bonchev–Trinajstić information content (AvgIpc) is 3.57.